The summed E-state index contributed by atoms with van der Waals surface area (Å²) in [5.41, 5.74) is 0.730. The number of epoxide rings is 1. The van der Waals surface area contributed by atoms with Gasteiger partial charge in [0.15, 0.2) is 0 Å². The van der Waals surface area contributed by atoms with Crippen LogP contribution in [0.2, 0.25) is 0 Å². The van der Waals surface area contributed by atoms with Gasteiger partial charge in [0, 0.05) is 24.8 Å². The highest BCUT2D eigenvalue weighted by atomic mass is 32.1. The maximum atomic E-state index is 13.3. The van der Waals surface area contributed by atoms with Crippen LogP contribution in [0.15, 0.2) is 11.0 Å². The smallest absolute Gasteiger partial charge is 0.225 e. The van der Waals surface area contributed by atoms with Gasteiger partial charge in [0.1, 0.15) is 5.78 Å². The first-order valence-corrected chi connectivity index (χ1v) is 13.6. The molecular formula is C27H42N2O5S. The number of carbonyl (C=O) groups is 2. The summed E-state index contributed by atoms with van der Waals surface area (Å²) in [6, 6.07) is -0.196. The number of aliphatic hydroxyl groups is 2. The van der Waals surface area contributed by atoms with Gasteiger partial charge in [-0.1, -0.05) is 34.1 Å². The first-order chi connectivity index (χ1) is 16.3. The van der Waals surface area contributed by atoms with Crippen LogP contribution in [0, 0.1) is 24.2 Å². The van der Waals surface area contributed by atoms with Crippen molar-refractivity contribution in [1.29, 1.82) is 0 Å². The van der Waals surface area contributed by atoms with Gasteiger partial charge >= 0.3 is 0 Å². The van der Waals surface area contributed by atoms with E-state index in [4.69, 9.17) is 4.74 Å². The van der Waals surface area contributed by atoms with E-state index in [1.165, 1.54) is 0 Å². The predicted molar refractivity (Wildman–Crippen MR) is 138 cm³/mol. The van der Waals surface area contributed by atoms with Gasteiger partial charge in [0.05, 0.1) is 53.0 Å². The van der Waals surface area contributed by atoms with Gasteiger partial charge in [0.25, 0.3) is 0 Å². The molecule has 0 bridgehead atoms. The Balaban J connectivity index is 1.87. The van der Waals surface area contributed by atoms with E-state index in [1.807, 2.05) is 32.2 Å². The zero-order chi connectivity index (χ0) is 26.1. The van der Waals surface area contributed by atoms with Gasteiger partial charge in [-0.2, -0.15) is 0 Å². The quantitative estimate of drug-likeness (QED) is 0.588. The first kappa shape index (κ1) is 28.0. The summed E-state index contributed by atoms with van der Waals surface area (Å²) < 4.78 is 5.97. The van der Waals surface area contributed by atoms with E-state index in [9.17, 15) is 19.8 Å². The van der Waals surface area contributed by atoms with E-state index < -0.39 is 23.5 Å². The number of aryl methyl sites for hydroxylation is 1. The Morgan fingerprint density at radius 1 is 1.23 bits per heavy atom. The molecular weight excluding hydrogens is 464 g/mol. The minimum atomic E-state index is -1.16. The molecule has 2 fully saturated rings. The van der Waals surface area contributed by atoms with E-state index in [0.29, 0.717) is 6.42 Å². The van der Waals surface area contributed by atoms with E-state index in [1.54, 1.807) is 44.1 Å². The predicted octanol–water partition coefficient (Wildman–Crippen LogP) is 4.00. The first-order valence-electron chi connectivity index (χ1n) is 12.7. The van der Waals surface area contributed by atoms with Crippen LogP contribution in [-0.2, 0) is 14.3 Å². The number of thiazole rings is 1. The summed E-state index contributed by atoms with van der Waals surface area (Å²) in [4.78, 5) is 32.8. The Labute approximate surface area is 213 Å². The van der Waals surface area contributed by atoms with E-state index in [0.717, 1.165) is 35.5 Å². The van der Waals surface area contributed by atoms with Crippen LogP contribution >= 0.6 is 11.3 Å². The largest absolute Gasteiger partial charge is 0.392 e. The molecule has 1 aromatic rings. The van der Waals surface area contributed by atoms with Gasteiger partial charge in [-0.3, -0.25) is 9.59 Å². The molecule has 7 nitrogen and oxygen atoms in total. The summed E-state index contributed by atoms with van der Waals surface area (Å²) in [6.45, 7) is 11.0. The molecule has 2 N–H and O–H groups in total. The second-order valence-electron chi connectivity index (χ2n) is 11.1. The molecule has 0 spiro atoms. The van der Waals surface area contributed by atoms with Gasteiger partial charge in [-0.25, -0.2) is 4.98 Å². The molecule has 0 aliphatic carbocycles. The highest BCUT2D eigenvalue weighted by Crippen LogP contribution is 2.36. The van der Waals surface area contributed by atoms with Crippen molar-refractivity contribution >= 4 is 29.1 Å². The minimum absolute atomic E-state index is 0.0424. The number of Topliss-reactive ketones (excluding diaryl/α,β-unsaturated/α-hetero) is 1. The van der Waals surface area contributed by atoms with Crippen LogP contribution in [0.25, 0.3) is 6.08 Å². The molecule has 0 unspecified atom stereocenters. The van der Waals surface area contributed by atoms with Crippen molar-refractivity contribution < 1.29 is 24.5 Å². The maximum absolute atomic E-state index is 13.3. The third kappa shape index (κ3) is 6.59. The minimum Gasteiger partial charge on any atom is -0.392 e. The molecule has 3 heterocycles. The Bertz CT molecular complexity index is 942. The number of fused-ring (bicyclic) bond motifs is 1. The molecule has 196 valence electrons. The van der Waals surface area contributed by atoms with Crippen LogP contribution in [0.3, 0.4) is 0 Å². The van der Waals surface area contributed by atoms with Gasteiger partial charge in [-0.15, -0.1) is 11.3 Å². The third-order valence-electron chi connectivity index (χ3n) is 8.04. The van der Waals surface area contributed by atoms with Gasteiger partial charge in [0.2, 0.25) is 5.91 Å². The lowest BCUT2D eigenvalue weighted by Gasteiger charge is -2.36. The average Bonchev–Trinajstić information content (AvgIpc) is 3.42. The highest BCUT2D eigenvalue weighted by molar-refractivity contribution is 7.09. The zero-order valence-electron chi connectivity index (χ0n) is 22.2. The summed E-state index contributed by atoms with van der Waals surface area (Å²) in [5, 5.41) is 24.8. The molecule has 8 heteroatoms. The monoisotopic (exact) mass is 506 g/mol. The number of aliphatic hydroxyl groups excluding tert-OH is 2. The maximum Gasteiger partial charge on any atom is 0.225 e. The second-order valence-corrected chi connectivity index (χ2v) is 12.2. The number of nitrogens with zero attached hydrogens (tertiary/aromatic N) is 2. The van der Waals surface area contributed by atoms with E-state index >= 15 is 0 Å². The van der Waals surface area contributed by atoms with Crippen LogP contribution in [0.1, 0.15) is 77.4 Å². The van der Waals surface area contributed by atoms with Crippen LogP contribution in [0.4, 0.5) is 0 Å². The van der Waals surface area contributed by atoms with Crippen molar-refractivity contribution in [3.63, 3.8) is 0 Å². The Morgan fingerprint density at radius 2 is 1.91 bits per heavy atom. The van der Waals surface area contributed by atoms with Crippen molar-refractivity contribution in [3.05, 3.63) is 21.7 Å². The Morgan fingerprint density at radius 3 is 2.54 bits per heavy atom. The van der Waals surface area contributed by atoms with Crippen molar-refractivity contribution in [2.75, 3.05) is 7.05 Å². The fourth-order valence-corrected chi connectivity index (χ4v) is 5.81. The fourth-order valence-electron chi connectivity index (χ4n) is 5.23. The fraction of sp³-hybridized carbons (Fsp3) is 0.741. The number of amides is 1. The van der Waals surface area contributed by atoms with Crippen molar-refractivity contribution in [3.8, 4) is 0 Å². The Kier molecular flexibility index (Phi) is 8.95. The van der Waals surface area contributed by atoms with Crippen LogP contribution in [0.5, 0.6) is 0 Å². The van der Waals surface area contributed by atoms with Crippen molar-refractivity contribution in [2.45, 2.75) is 104 Å². The molecule has 0 aromatic carbocycles. The molecule has 0 radical (unpaired) electrons. The summed E-state index contributed by atoms with van der Waals surface area (Å²) in [5.74, 6) is -1.11. The summed E-state index contributed by atoms with van der Waals surface area (Å²) in [6.07, 6.45) is 3.41. The van der Waals surface area contributed by atoms with Crippen molar-refractivity contribution in [1.82, 2.24) is 9.88 Å². The second kappa shape index (κ2) is 11.2. The Hall–Kier alpha value is -1.61. The molecule has 35 heavy (non-hydrogen) atoms. The summed E-state index contributed by atoms with van der Waals surface area (Å²) >= 11 is 1.59. The molecule has 7 atom stereocenters. The van der Waals surface area contributed by atoms with Gasteiger partial charge in [-0.05, 0) is 44.3 Å². The van der Waals surface area contributed by atoms with E-state index in [2.05, 4.69) is 4.98 Å². The topological polar surface area (TPSA) is 103 Å². The van der Waals surface area contributed by atoms with E-state index in [-0.39, 0.29) is 42.3 Å². The molecule has 2 saturated heterocycles. The molecule has 2 aliphatic heterocycles. The molecule has 0 saturated carbocycles. The lowest BCUT2D eigenvalue weighted by atomic mass is 9.73. The molecule has 2 aliphatic rings. The lowest BCUT2D eigenvalue weighted by molar-refractivity contribution is -0.145. The molecule has 3 rings (SSSR count). The number of carbonyl (C=O) groups excluding carboxylic acids is 2. The number of hydrogen-bond donors (Lipinski definition) is 2. The normalized spacial score (nSPS) is 35.6. The molecule has 1 aromatic heterocycles. The number of rotatable bonds is 2. The molecule has 1 amide bonds. The standard InChI is InChI=1S/C27H42N2O5S/c1-15-9-8-10-21-22(34-21)12-20(16(2)11-19-14-35-18(4)28-19)29(7)24(31)13-23(30)27(5,6)26(33)17(3)25(15)32/h11,14-15,17,20-23,25,30,32H,8-10,12-13H2,1-7H3/t15-,17+,20-,21+,22+,23-,25-/m1/s1. The van der Waals surface area contributed by atoms with Crippen LogP contribution < -0.4 is 0 Å². The number of ketones is 1. The number of likely N-dealkylation sites (N-methyl/N-ethyl adjacent to an activating group) is 1. The number of hydrogen-bond acceptors (Lipinski definition) is 7. The third-order valence-corrected chi connectivity index (χ3v) is 8.83. The zero-order valence-corrected chi connectivity index (χ0v) is 23.0. The number of ether oxygens (including phenoxy) is 1. The summed E-state index contributed by atoms with van der Waals surface area (Å²) in [7, 11) is 1.76. The van der Waals surface area contributed by atoms with Crippen LogP contribution in [-0.4, -0.2) is 69.3 Å². The average molecular weight is 507 g/mol. The van der Waals surface area contributed by atoms with Crippen molar-refractivity contribution in [2.24, 2.45) is 17.3 Å². The highest BCUT2D eigenvalue weighted by Gasteiger charge is 2.44. The SMILES string of the molecule is CC(=Cc1csc(C)n1)[C@H]1C[C@@H]2O[C@H]2CCC[C@@H](C)[C@@H](O)[C@H](C)C(=O)C(C)(C)[C@H](O)CC(=O)N1C. The lowest BCUT2D eigenvalue weighted by Crippen LogP contribution is -2.47. The number of aromatic nitrogens is 1. The van der Waals surface area contributed by atoms with Gasteiger partial charge < -0.3 is 19.8 Å².